The summed E-state index contributed by atoms with van der Waals surface area (Å²) in [4.78, 5) is 12.1. The van der Waals surface area contributed by atoms with Gasteiger partial charge in [-0.15, -0.1) is 11.8 Å². The second kappa shape index (κ2) is 6.93. The van der Waals surface area contributed by atoms with Crippen LogP contribution in [0.1, 0.15) is 46.0 Å². The van der Waals surface area contributed by atoms with E-state index in [2.05, 4.69) is 55.6 Å². The number of hydrogen-bond donors (Lipinski definition) is 0. The van der Waals surface area contributed by atoms with E-state index in [0.29, 0.717) is 12.2 Å². The Balaban J connectivity index is 2.76. The summed E-state index contributed by atoms with van der Waals surface area (Å²) < 4.78 is 3.07. The van der Waals surface area contributed by atoms with Crippen molar-refractivity contribution in [3.63, 3.8) is 0 Å². The van der Waals surface area contributed by atoms with E-state index >= 15 is 0 Å². The molecule has 0 fully saturated rings. The summed E-state index contributed by atoms with van der Waals surface area (Å²) in [5, 5.41) is 4.52. The van der Waals surface area contributed by atoms with Crippen LogP contribution in [0.3, 0.4) is 0 Å². The Kier molecular flexibility index (Phi) is 6.12. The van der Waals surface area contributed by atoms with Crippen LogP contribution < -0.4 is 0 Å². The summed E-state index contributed by atoms with van der Waals surface area (Å²) in [6.45, 7) is 11.3. The van der Waals surface area contributed by atoms with Crippen LogP contribution in [0.15, 0.2) is 4.47 Å². The molecule has 0 spiro atoms. The van der Waals surface area contributed by atoms with Crippen molar-refractivity contribution in [1.82, 2.24) is 9.78 Å². The van der Waals surface area contributed by atoms with Gasteiger partial charge in [0.25, 0.3) is 0 Å². The zero-order valence-corrected chi connectivity index (χ0v) is 14.8. The summed E-state index contributed by atoms with van der Waals surface area (Å²) in [5.41, 5.74) is 2.05. The number of aromatic nitrogens is 2. The van der Waals surface area contributed by atoms with Crippen LogP contribution >= 0.6 is 27.7 Å². The van der Waals surface area contributed by atoms with Crippen LogP contribution in [0.25, 0.3) is 0 Å². The predicted molar refractivity (Wildman–Crippen MR) is 85.9 cm³/mol. The van der Waals surface area contributed by atoms with Crippen LogP contribution in [0, 0.1) is 0 Å². The average Bonchev–Trinajstić information content (AvgIpc) is 2.63. The number of halogens is 1. The number of carbonyl (C=O) groups excluding carboxylic acids is 1. The lowest BCUT2D eigenvalue weighted by molar-refractivity contribution is -0.116. The van der Waals surface area contributed by atoms with Gasteiger partial charge in [-0.3, -0.25) is 9.48 Å². The molecule has 0 bridgehead atoms. The summed E-state index contributed by atoms with van der Waals surface area (Å²) in [7, 11) is 0. The molecule has 0 saturated carbocycles. The molecule has 0 aliphatic carbocycles. The van der Waals surface area contributed by atoms with E-state index in [1.807, 2.05) is 4.68 Å². The fraction of sp³-hybridized carbons (Fsp3) is 0.714. The van der Waals surface area contributed by atoms with E-state index in [9.17, 15) is 4.79 Å². The summed E-state index contributed by atoms with van der Waals surface area (Å²) in [5.74, 6) is 0.824. The third-order valence-corrected chi connectivity index (χ3v) is 4.97. The third kappa shape index (κ3) is 4.95. The highest BCUT2D eigenvalue weighted by molar-refractivity contribution is 9.10. The van der Waals surface area contributed by atoms with Crippen molar-refractivity contribution in [2.24, 2.45) is 0 Å². The average molecular weight is 347 g/mol. The smallest absolute Gasteiger partial charge is 0.148 e. The topological polar surface area (TPSA) is 34.9 Å². The van der Waals surface area contributed by atoms with E-state index in [1.165, 1.54) is 0 Å². The van der Waals surface area contributed by atoms with Gasteiger partial charge in [-0.2, -0.15) is 5.10 Å². The fourth-order valence-corrected chi connectivity index (χ4v) is 3.12. The standard InChI is InChI=1S/C14H23BrN2OS/c1-6-11-13(15)12(17(7-2)16-11)8-10(18)9-19-14(3,4)5/h6-9H2,1-5H3. The zero-order chi connectivity index (χ0) is 14.6. The fourth-order valence-electron chi connectivity index (χ4n) is 1.72. The van der Waals surface area contributed by atoms with E-state index in [4.69, 9.17) is 0 Å². The monoisotopic (exact) mass is 346 g/mol. The molecule has 0 aliphatic rings. The summed E-state index contributed by atoms with van der Waals surface area (Å²) >= 11 is 5.28. The van der Waals surface area contributed by atoms with Gasteiger partial charge in [0, 0.05) is 11.3 Å². The number of carbonyl (C=O) groups is 1. The van der Waals surface area contributed by atoms with Crippen molar-refractivity contribution < 1.29 is 4.79 Å². The molecule has 0 saturated heterocycles. The van der Waals surface area contributed by atoms with Gasteiger partial charge >= 0.3 is 0 Å². The molecule has 1 aromatic heterocycles. The first kappa shape index (κ1) is 16.8. The van der Waals surface area contributed by atoms with Crippen LogP contribution in [-0.4, -0.2) is 26.1 Å². The van der Waals surface area contributed by atoms with Gasteiger partial charge in [0.15, 0.2) is 0 Å². The van der Waals surface area contributed by atoms with Gasteiger partial charge in [0.2, 0.25) is 0 Å². The van der Waals surface area contributed by atoms with Gasteiger partial charge < -0.3 is 0 Å². The zero-order valence-electron chi connectivity index (χ0n) is 12.4. The normalized spacial score (nSPS) is 11.9. The van der Waals surface area contributed by atoms with Gasteiger partial charge in [-0.1, -0.05) is 27.7 Å². The molecular weight excluding hydrogens is 324 g/mol. The Hall–Kier alpha value is -0.290. The molecule has 1 rings (SSSR count). The quantitative estimate of drug-likeness (QED) is 0.784. The minimum absolute atomic E-state index is 0.131. The summed E-state index contributed by atoms with van der Waals surface area (Å²) in [6, 6.07) is 0. The lowest BCUT2D eigenvalue weighted by Crippen LogP contribution is -2.16. The lowest BCUT2D eigenvalue weighted by Gasteiger charge is -2.16. The molecule has 0 unspecified atom stereocenters. The van der Waals surface area contributed by atoms with E-state index in [1.54, 1.807) is 11.8 Å². The van der Waals surface area contributed by atoms with Crippen molar-refractivity contribution in [3.8, 4) is 0 Å². The Morgan fingerprint density at radius 2 is 2.00 bits per heavy atom. The lowest BCUT2D eigenvalue weighted by atomic mass is 10.2. The molecule has 108 valence electrons. The maximum atomic E-state index is 12.1. The van der Waals surface area contributed by atoms with Crippen molar-refractivity contribution in [2.75, 3.05) is 5.75 Å². The Bertz CT molecular complexity index is 449. The van der Waals surface area contributed by atoms with Crippen molar-refractivity contribution in [2.45, 2.75) is 58.8 Å². The molecular formula is C14H23BrN2OS. The second-order valence-electron chi connectivity index (χ2n) is 5.49. The van der Waals surface area contributed by atoms with Gasteiger partial charge in [0.05, 0.1) is 28.0 Å². The molecule has 0 N–H and O–H groups in total. The molecule has 3 nitrogen and oxygen atoms in total. The van der Waals surface area contributed by atoms with Crippen LogP contribution in [0.4, 0.5) is 0 Å². The predicted octanol–water partition coefficient (Wildman–Crippen LogP) is 3.87. The first-order chi connectivity index (χ1) is 8.78. The molecule has 0 atom stereocenters. The maximum absolute atomic E-state index is 12.1. The van der Waals surface area contributed by atoms with E-state index < -0.39 is 0 Å². The molecule has 1 heterocycles. The number of hydrogen-bond acceptors (Lipinski definition) is 3. The first-order valence-corrected chi connectivity index (χ1v) is 8.46. The molecule has 0 aromatic carbocycles. The van der Waals surface area contributed by atoms with Crippen LogP contribution in [0.5, 0.6) is 0 Å². The number of aryl methyl sites for hydroxylation is 2. The molecule has 0 aliphatic heterocycles. The molecule has 1 aromatic rings. The molecule has 19 heavy (non-hydrogen) atoms. The number of ketones is 1. The first-order valence-electron chi connectivity index (χ1n) is 6.68. The molecule has 0 amide bonds. The van der Waals surface area contributed by atoms with Gasteiger partial charge in [-0.25, -0.2) is 0 Å². The van der Waals surface area contributed by atoms with Crippen molar-refractivity contribution >= 4 is 33.5 Å². The van der Waals surface area contributed by atoms with E-state index in [-0.39, 0.29) is 10.5 Å². The van der Waals surface area contributed by atoms with Crippen molar-refractivity contribution in [1.29, 1.82) is 0 Å². The number of rotatable bonds is 6. The molecule has 5 heteroatoms. The van der Waals surface area contributed by atoms with Crippen molar-refractivity contribution in [3.05, 3.63) is 15.9 Å². The highest BCUT2D eigenvalue weighted by atomic mass is 79.9. The minimum Gasteiger partial charge on any atom is -0.298 e. The highest BCUT2D eigenvalue weighted by Crippen LogP contribution is 2.26. The largest absolute Gasteiger partial charge is 0.298 e. The van der Waals surface area contributed by atoms with Gasteiger partial charge in [0.1, 0.15) is 5.78 Å². The third-order valence-electron chi connectivity index (χ3n) is 2.72. The maximum Gasteiger partial charge on any atom is 0.148 e. The highest BCUT2D eigenvalue weighted by Gasteiger charge is 2.18. The molecule has 0 radical (unpaired) electrons. The second-order valence-corrected chi connectivity index (χ2v) is 8.09. The number of thioether (sulfide) groups is 1. The van der Waals surface area contributed by atoms with Crippen LogP contribution in [0.2, 0.25) is 0 Å². The SMILES string of the molecule is CCc1nn(CC)c(CC(=O)CSC(C)(C)C)c1Br. The number of nitrogens with zero attached hydrogens (tertiary/aromatic N) is 2. The Morgan fingerprint density at radius 1 is 1.37 bits per heavy atom. The minimum atomic E-state index is 0.131. The van der Waals surface area contributed by atoms with Gasteiger partial charge in [-0.05, 0) is 29.3 Å². The Labute approximate surface area is 128 Å². The number of Topliss-reactive ketones (excluding diaryl/α,β-unsaturated/α-hetero) is 1. The van der Waals surface area contributed by atoms with Crippen LogP contribution in [-0.2, 0) is 24.2 Å². The Morgan fingerprint density at radius 3 is 2.47 bits per heavy atom. The summed E-state index contributed by atoms with van der Waals surface area (Å²) in [6.07, 6.45) is 1.34. The van der Waals surface area contributed by atoms with E-state index in [0.717, 1.165) is 28.8 Å².